The quantitative estimate of drug-likeness (QED) is 0.313. The summed E-state index contributed by atoms with van der Waals surface area (Å²) < 4.78 is 23.7. The van der Waals surface area contributed by atoms with Gasteiger partial charge in [-0.15, -0.1) is 11.3 Å². The Labute approximate surface area is 198 Å². The molecule has 2 aromatic carbocycles. The first-order valence-electron chi connectivity index (χ1n) is 10.7. The number of rotatable bonds is 7. The van der Waals surface area contributed by atoms with Gasteiger partial charge < -0.3 is 18.8 Å². The average Bonchev–Trinajstić information content (AvgIpc) is 3.35. The van der Waals surface area contributed by atoms with Crippen molar-refractivity contribution >= 4 is 35.3 Å². The summed E-state index contributed by atoms with van der Waals surface area (Å²) in [4.78, 5) is 4.61. The highest BCUT2D eigenvalue weighted by molar-refractivity contribution is 7.14. The maximum atomic E-state index is 6.28. The molecule has 9 heteroatoms. The number of thiazole rings is 1. The van der Waals surface area contributed by atoms with Crippen molar-refractivity contribution in [3.05, 3.63) is 53.4 Å². The molecule has 0 aliphatic carbocycles. The van der Waals surface area contributed by atoms with Crippen LogP contribution in [0.5, 0.6) is 11.5 Å². The summed E-state index contributed by atoms with van der Waals surface area (Å²) in [6, 6.07) is 13.7. The molecule has 0 atom stereocenters. The van der Waals surface area contributed by atoms with E-state index in [1.165, 1.54) is 11.3 Å². The van der Waals surface area contributed by atoms with Gasteiger partial charge in [0.25, 0.3) is 0 Å². The third-order valence-electron chi connectivity index (χ3n) is 6.04. The maximum Gasteiger partial charge on any atom is 0.495 e. The van der Waals surface area contributed by atoms with Crippen molar-refractivity contribution in [2.75, 3.05) is 19.6 Å². The van der Waals surface area contributed by atoms with Gasteiger partial charge in [-0.3, -0.25) is 5.43 Å². The largest absolute Gasteiger partial charge is 0.497 e. The van der Waals surface area contributed by atoms with Crippen molar-refractivity contribution in [3.8, 4) is 22.8 Å². The Morgan fingerprint density at radius 3 is 2.36 bits per heavy atom. The normalized spacial score (nSPS) is 16.8. The molecule has 2 heterocycles. The molecule has 172 valence electrons. The molecule has 0 saturated carbocycles. The summed E-state index contributed by atoms with van der Waals surface area (Å²) in [7, 11) is 2.63. The van der Waals surface area contributed by atoms with E-state index in [-0.39, 0.29) is 0 Å². The van der Waals surface area contributed by atoms with Crippen LogP contribution >= 0.6 is 11.3 Å². The van der Waals surface area contributed by atoms with Crippen LogP contribution in [0.2, 0.25) is 0 Å². The van der Waals surface area contributed by atoms with Crippen molar-refractivity contribution in [1.82, 2.24) is 4.98 Å². The fourth-order valence-electron chi connectivity index (χ4n) is 3.43. The number of nitrogens with zero attached hydrogens (tertiary/aromatic N) is 2. The van der Waals surface area contributed by atoms with Crippen LogP contribution in [0.1, 0.15) is 33.3 Å². The van der Waals surface area contributed by atoms with Crippen LogP contribution in [-0.2, 0) is 9.31 Å². The molecular weight excluding hydrogens is 437 g/mol. The summed E-state index contributed by atoms with van der Waals surface area (Å²) in [6.45, 7) is 8.08. The predicted molar refractivity (Wildman–Crippen MR) is 134 cm³/mol. The molecule has 1 N–H and O–H groups in total. The first-order chi connectivity index (χ1) is 15.7. The minimum Gasteiger partial charge on any atom is -0.497 e. The van der Waals surface area contributed by atoms with Gasteiger partial charge in [0.15, 0.2) is 0 Å². The Bertz CT molecular complexity index is 1130. The second-order valence-electron chi connectivity index (χ2n) is 8.69. The maximum absolute atomic E-state index is 6.28. The van der Waals surface area contributed by atoms with E-state index in [0.717, 1.165) is 22.3 Å². The van der Waals surface area contributed by atoms with Gasteiger partial charge in [-0.1, -0.05) is 30.3 Å². The zero-order chi connectivity index (χ0) is 23.6. The Balaban J connectivity index is 1.62. The molecule has 0 spiro atoms. The van der Waals surface area contributed by atoms with Crippen LogP contribution in [0.15, 0.2) is 52.9 Å². The Morgan fingerprint density at radius 1 is 1.03 bits per heavy atom. The number of hydrazone groups is 1. The van der Waals surface area contributed by atoms with Gasteiger partial charge in [0.1, 0.15) is 11.5 Å². The molecule has 1 aromatic heterocycles. The molecule has 1 fully saturated rings. The lowest BCUT2D eigenvalue weighted by atomic mass is 9.75. The van der Waals surface area contributed by atoms with Crippen LogP contribution in [0.4, 0.5) is 5.13 Å². The molecule has 1 aliphatic heterocycles. The summed E-state index contributed by atoms with van der Waals surface area (Å²) in [5.74, 6) is 1.25. The number of hydrogen-bond acceptors (Lipinski definition) is 8. The minimum absolute atomic E-state index is 0.477. The Hall–Kier alpha value is -2.88. The van der Waals surface area contributed by atoms with Crippen LogP contribution in [-0.4, -0.2) is 43.7 Å². The summed E-state index contributed by atoms with van der Waals surface area (Å²) in [6.07, 6.45) is 1.70. The van der Waals surface area contributed by atoms with Gasteiger partial charge in [-0.2, -0.15) is 5.10 Å². The van der Waals surface area contributed by atoms with E-state index in [4.69, 9.17) is 18.8 Å². The fraction of sp³-hybridized carbons (Fsp3) is 0.333. The smallest absolute Gasteiger partial charge is 0.495 e. The molecule has 4 rings (SSSR count). The summed E-state index contributed by atoms with van der Waals surface area (Å²) >= 11 is 1.49. The topological polar surface area (TPSA) is 74.2 Å². The van der Waals surface area contributed by atoms with E-state index in [2.05, 4.69) is 15.5 Å². The second-order valence-corrected chi connectivity index (χ2v) is 9.55. The number of anilines is 1. The third kappa shape index (κ3) is 4.76. The lowest BCUT2D eigenvalue weighted by Crippen LogP contribution is -2.41. The molecule has 3 aromatic rings. The predicted octanol–water partition coefficient (Wildman–Crippen LogP) is 4.57. The van der Waals surface area contributed by atoms with Gasteiger partial charge in [0.2, 0.25) is 5.13 Å². The second kappa shape index (κ2) is 9.17. The Kier molecular flexibility index (Phi) is 6.47. The molecule has 7 nitrogen and oxygen atoms in total. The van der Waals surface area contributed by atoms with E-state index < -0.39 is 18.3 Å². The number of hydrogen-bond donors (Lipinski definition) is 1. The van der Waals surface area contributed by atoms with Crippen molar-refractivity contribution in [2.45, 2.75) is 38.9 Å². The SMILES string of the molecule is COc1cc(OC)c(C=NNc2nc(-c3ccccc3)cs2)c(B2OC(C)(C)C(C)(C)O2)c1. The van der Waals surface area contributed by atoms with E-state index in [0.29, 0.717) is 16.6 Å². The number of methoxy groups -OCH3 is 2. The molecule has 33 heavy (non-hydrogen) atoms. The number of benzene rings is 2. The third-order valence-corrected chi connectivity index (χ3v) is 6.78. The van der Waals surface area contributed by atoms with Crippen LogP contribution < -0.4 is 20.4 Å². The van der Waals surface area contributed by atoms with E-state index in [1.54, 1.807) is 20.4 Å². The van der Waals surface area contributed by atoms with Crippen molar-refractivity contribution < 1.29 is 18.8 Å². The average molecular weight is 465 g/mol. The number of nitrogens with one attached hydrogen (secondary N) is 1. The molecule has 0 amide bonds. The molecule has 1 saturated heterocycles. The number of aromatic nitrogens is 1. The molecule has 0 radical (unpaired) electrons. The Morgan fingerprint density at radius 2 is 1.73 bits per heavy atom. The summed E-state index contributed by atoms with van der Waals surface area (Å²) in [5.41, 5.74) is 5.55. The van der Waals surface area contributed by atoms with Crippen molar-refractivity contribution in [3.63, 3.8) is 0 Å². The zero-order valence-electron chi connectivity index (χ0n) is 19.7. The van der Waals surface area contributed by atoms with Gasteiger partial charge in [0, 0.05) is 22.6 Å². The van der Waals surface area contributed by atoms with Crippen LogP contribution in [0.3, 0.4) is 0 Å². The van der Waals surface area contributed by atoms with Crippen molar-refractivity contribution in [1.29, 1.82) is 0 Å². The fourth-order valence-corrected chi connectivity index (χ4v) is 4.10. The van der Waals surface area contributed by atoms with Gasteiger partial charge in [-0.05, 0) is 39.2 Å². The minimum atomic E-state index is -0.593. The van der Waals surface area contributed by atoms with Crippen molar-refractivity contribution in [2.24, 2.45) is 5.10 Å². The molecule has 0 bridgehead atoms. The van der Waals surface area contributed by atoms with Crippen LogP contribution in [0.25, 0.3) is 11.3 Å². The standard InChI is InChI=1S/C24H28BN3O4S/c1-23(2)24(3,4)32-25(31-23)19-12-17(29-5)13-21(30-6)18(19)14-26-28-22-27-20(15-33-22)16-10-8-7-9-11-16/h7-15H,1-6H3,(H,27,28). The van der Waals surface area contributed by atoms with Crippen LogP contribution in [0, 0.1) is 0 Å². The van der Waals surface area contributed by atoms with E-state index >= 15 is 0 Å². The molecular formula is C24H28BN3O4S. The van der Waals surface area contributed by atoms with E-state index in [1.807, 2.05) is 75.5 Å². The molecule has 0 unspecified atom stereocenters. The van der Waals surface area contributed by atoms with E-state index in [9.17, 15) is 0 Å². The first-order valence-corrected chi connectivity index (χ1v) is 11.5. The van der Waals surface area contributed by atoms with Gasteiger partial charge in [-0.25, -0.2) is 4.98 Å². The highest BCUT2D eigenvalue weighted by Gasteiger charge is 2.52. The monoisotopic (exact) mass is 465 g/mol. The van der Waals surface area contributed by atoms with Gasteiger partial charge >= 0.3 is 7.12 Å². The highest BCUT2D eigenvalue weighted by Crippen LogP contribution is 2.37. The molecule has 1 aliphatic rings. The first kappa shape index (κ1) is 23.3. The highest BCUT2D eigenvalue weighted by atomic mass is 32.1. The zero-order valence-corrected chi connectivity index (χ0v) is 20.5. The lowest BCUT2D eigenvalue weighted by Gasteiger charge is -2.32. The summed E-state index contributed by atoms with van der Waals surface area (Å²) in [5, 5.41) is 7.12. The van der Waals surface area contributed by atoms with Gasteiger partial charge in [0.05, 0.1) is 37.3 Å². The number of ether oxygens (including phenoxy) is 2. The lowest BCUT2D eigenvalue weighted by molar-refractivity contribution is 0.00578.